The number of H-pyrrole nitrogens is 1. The fraction of sp³-hybridized carbons (Fsp3) is 0.471. The first-order chi connectivity index (χ1) is 13.0. The van der Waals surface area contributed by atoms with Gasteiger partial charge in [-0.1, -0.05) is 11.6 Å². The van der Waals surface area contributed by atoms with Crippen molar-refractivity contribution in [3.8, 4) is 6.01 Å². The zero-order valence-corrected chi connectivity index (χ0v) is 15.3. The summed E-state index contributed by atoms with van der Waals surface area (Å²) in [6, 6.07) is 1.64. The van der Waals surface area contributed by atoms with Crippen molar-refractivity contribution in [3.63, 3.8) is 0 Å². The molecule has 1 aliphatic carbocycles. The van der Waals surface area contributed by atoms with Crippen LogP contribution in [0.3, 0.4) is 0 Å². The predicted octanol–water partition coefficient (Wildman–Crippen LogP) is 0.876. The quantitative estimate of drug-likeness (QED) is 0.751. The van der Waals surface area contributed by atoms with Gasteiger partial charge in [-0.3, -0.25) is 14.6 Å². The van der Waals surface area contributed by atoms with Crippen molar-refractivity contribution in [2.75, 3.05) is 0 Å². The van der Waals surface area contributed by atoms with Gasteiger partial charge in [0.1, 0.15) is 6.10 Å². The minimum Gasteiger partial charge on any atom is -0.460 e. The molecule has 2 heterocycles. The van der Waals surface area contributed by atoms with Gasteiger partial charge >= 0.3 is 11.7 Å². The normalized spacial score (nSPS) is 19.4. The first kappa shape index (κ1) is 19.1. The van der Waals surface area contributed by atoms with Crippen molar-refractivity contribution in [2.24, 2.45) is 0 Å². The molecule has 1 saturated carbocycles. The SMILES string of the molecule is O=C(CCn1ccc(=O)[nH]c1=O)NC1CCC(Oc2ncc(Cl)cn2)CC1. The minimum atomic E-state index is -0.516. The van der Waals surface area contributed by atoms with E-state index in [0.717, 1.165) is 25.7 Å². The van der Waals surface area contributed by atoms with E-state index in [4.69, 9.17) is 16.3 Å². The van der Waals surface area contributed by atoms with Crippen LogP contribution in [0.4, 0.5) is 0 Å². The van der Waals surface area contributed by atoms with E-state index in [0.29, 0.717) is 11.0 Å². The molecule has 0 saturated heterocycles. The van der Waals surface area contributed by atoms with Crippen molar-refractivity contribution >= 4 is 17.5 Å². The summed E-state index contributed by atoms with van der Waals surface area (Å²) in [5, 5.41) is 3.44. The Kier molecular flexibility index (Phi) is 6.23. The Morgan fingerprint density at radius 1 is 1.26 bits per heavy atom. The Bertz CT molecular complexity index is 887. The van der Waals surface area contributed by atoms with Crippen molar-refractivity contribution in [3.05, 3.63) is 50.5 Å². The van der Waals surface area contributed by atoms with Gasteiger partial charge in [-0.25, -0.2) is 14.8 Å². The summed E-state index contributed by atoms with van der Waals surface area (Å²) in [5.74, 6) is -0.126. The molecule has 0 bridgehead atoms. The number of ether oxygens (including phenoxy) is 1. The molecule has 0 atom stereocenters. The van der Waals surface area contributed by atoms with Gasteiger partial charge in [0.15, 0.2) is 0 Å². The van der Waals surface area contributed by atoms with Crippen molar-refractivity contribution in [1.82, 2.24) is 24.8 Å². The first-order valence-electron chi connectivity index (χ1n) is 8.73. The highest BCUT2D eigenvalue weighted by Gasteiger charge is 2.24. The topological polar surface area (TPSA) is 119 Å². The summed E-state index contributed by atoms with van der Waals surface area (Å²) in [6.07, 6.45) is 7.71. The molecule has 1 fully saturated rings. The lowest BCUT2D eigenvalue weighted by Gasteiger charge is -2.28. The molecule has 9 nitrogen and oxygen atoms in total. The van der Waals surface area contributed by atoms with E-state index < -0.39 is 11.2 Å². The van der Waals surface area contributed by atoms with Crippen LogP contribution >= 0.6 is 11.6 Å². The number of carbonyl (C=O) groups excluding carboxylic acids is 1. The number of rotatable bonds is 6. The molecule has 0 spiro atoms. The Morgan fingerprint density at radius 2 is 1.96 bits per heavy atom. The fourth-order valence-electron chi connectivity index (χ4n) is 2.98. The highest BCUT2D eigenvalue weighted by molar-refractivity contribution is 6.30. The van der Waals surface area contributed by atoms with Gasteiger partial charge in [0.05, 0.1) is 17.4 Å². The molecule has 10 heteroatoms. The standard InChI is InChI=1S/C17H20ClN5O4/c18-11-9-19-16(20-10-11)27-13-3-1-12(2-4-13)21-14(24)5-7-23-8-6-15(25)22-17(23)26/h6,8-10,12-13H,1-5,7H2,(H,21,24)(H,22,25,26). The Balaban J connectivity index is 1.40. The molecule has 144 valence electrons. The number of aromatic nitrogens is 4. The summed E-state index contributed by atoms with van der Waals surface area (Å²) in [5.41, 5.74) is -0.971. The number of nitrogens with one attached hydrogen (secondary N) is 2. The Labute approximate surface area is 159 Å². The smallest absolute Gasteiger partial charge is 0.328 e. The van der Waals surface area contributed by atoms with Gasteiger partial charge in [-0.2, -0.15) is 0 Å². The maximum absolute atomic E-state index is 12.1. The summed E-state index contributed by atoms with van der Waals surface area (Å²) in [7, 11) is 0. The number of hydrogen-bond acceptors (Lipinski definition) is 6. The third-order valence-corrected chi connectivity index (χ3v) is 4.58. The van der Waals surface area contributed by atoms with Crippen LogP contribution in [0.1, 0.15) is 32.1 Å². The van der Waals surface area contributed by atoms with Gasteiger partial charge in [0.25, 0.3) is 5.56 Å². The van der Waals surface area contributed by atoms with Crippen LogP contribution in [0.15, 0.2) is 34.2 Å². The van der Waals surface area contributed by atoms with E-state index in [9.17, 15) is 14.4 Å². The van der Waals surface area contributed by atoms with E-state index in [2.05, 4.69) is 20.3 Å². The average molecular weight is 394 g/mol. The van der Waals surface area contributed by atoms with Crippen molar-refractivity contribution in [1.29, 1.82) is 0 Å². The molecule has 2 N–H and O–H groups in total. The van der Waals surface area contributed by atoms with Crippen LogP contribution in [0, 0.1) is 0 Å². The van der Waals surface area contributed by atoms with Gasteiger partial charge in [0, 0.05) is 31.3 Å². The second kappa shape index (κ2) is 8.81. The molecular formula is C17H20ClN5O4. The highest BCUT2D eigenvalue weighted by atomic mass is 35.5. The van der Waals surface area contributed by atoms with Gasteiger partial charge in [0.2, 0.25) is 5.91 Å². The van der Waals surface area contributed by atoms with Crippen molar-refractivity contribution < 1.29 is 9.53 Å². The van der Waals surface area contributed by atoms with Gasteiger partial charge in [-0.15, -0.1) is 0 Å². The summed E-state index contributed by atoms with van der Waals surface area (Å²) >= 11 is 5.75. The van der Waals surface area contributed by atoms with Gasteiger partial charge < -0.3 is 14.6 Å². The molecule has 0 radical (unpaired) electrons. The van der Waals surface area contributed by atoms with E-state index in [1.807, 2.05) is 0 Å². The molecule has 0 aromatic carbocycles. The predicted molar refractivity (Wildman–Crippen MR) is 97.8 cm³/mol. The molecule has 2 aromatic rings. The van der Waals surface area contributed by atoms with Crippen LogP contribution in [0.2, 0.25) is 5.02 Å². The monoisotopic (exact) mass is 393 g/mol. The Hall–Kier alpha value is -2.68. The number of aryl methyl sites for hydroxylation is 1. The third kappa shape index (κ3) is 5.65. The number of nitrogens with zero attached hydrogens (tertiary/aromatic N) is 3. The molecule has 0 unspecified atom stereocenters. The van der Waals surface area contributed by atoms with E-state index in [1.54, 1.807) is 0 Å². The summed E-state index contributed by atoms with van der Waals surface area (Å²) in [6.45, 7) is 0.216. The average Bonchev–Trinajstić information content (AvgIpc) is 2.64. The zero-order chi connectivity index (χ0) is 19.2. The largest absolute Gasteiger partial charge is 0.460 e. The first-order valence-corrected chi connectivity index (χ1v) is 9.11. The zero-order valence-electron chi connectivity index (χ0n) is 14.6. The molecule has 27 heavy (non-hydrogen) atoms. The molecule has 3 rings (SSSR count). The van der Waals surface area contributed by atoms with Crippen LogP contribution in [0.25, 0.3) is 0 Å². The van der Waals surface area contributed by atoms with Crippen LogP contribution in [-0.2, 0) is 11.3 Å². The lowest BCUT2D eigenvalue weighted by atomic mass is 9.93. The second-order valence-corrected chi connectivity index (χ2v) is 6.83. The number of amides is 1. The Morgan fingerprint density at radius 3 is 2.63 bits per heavy atom. The molecule has 1 amide bonds. The number of aromatic amines is 1. The maximum Gasteiger partial charge on any atom is 0.328 e. The summed E-state index contributed by atoms with van der Waals surface area (Å²) in [4.78, 5) is 44.9. The molecule has 2 aromatic heterocycles. The van der Waals surface area contributed by atoms with Crippen LogP contribution in [0.5, 0.6) is 6.01 Å². The van der Waals surface area contributed by atoms with E-state index >= 15 is 0 Å². The van der Waals surface area contributed by atoms with Crippen LogP contribution in [-0.4, -0.2) is 37.6 Å². The third-order valence-electron chi connectivity index (χ3n) is 4.38. The van der Waals surface area contributed by atoms with Gasteiger partial charge in [-0.05, 0) is 25.7 Å². The van der Waals surface area contributed by atoms with E-state index in [-0.39, 0.29) is 31.0 Å². The lowest BCUT2D eigenvalue weighted by molar-refractivity contribution is -0.122. The summed E-state index contributed by atoms with van der Waals surface area (Å²) < 4.78 is 7.03. The molecule has 0 aliphatic heterocycles. The molecule has 1 aliphatic rings. The van der Waals surface area contributed by atoms with E-state index in [1.165, 1.54) is 29.2 Å². The fourth-order valence-corrected chi connectivity index (χ4v) is 3.08. The number of hydrogen-bond donors (Lipinski definition) is 2. The minimum absolute atomic E-state index is 0.0130. The number of carbonyl (C=O) groups is 1. The second-order valence-electron chi connectivity index (χ2n) is 6.40. The lowest BCUT2D eigenvalue weighted by Crippen LogP contribution is -2.40. The molecular weight excluding hydrogens is 374 g/mol. The van der Waals surface area contributed by atoms with Crippen molar-refractivity contribution in [2.45, 2.75) is 50.8 Å². The van der Waals surface area contributed by atoms with Crippen LogP contribution < -0.4 is 21.3 Å². The maximum atomic E-state index is 12.1. The highest BCUT2D eigenvalue weighted by Crippen LogP contribution is 2.22. The number of halogens is 1.